The van der Waals surface area contributed by atoms with Gasteiger partial charge in [0.15, 0.2) is 0 Å². The van der Waals surface area contributed by atoms with Crippen LogP contribution in [-0.2, 0) is 6.54 Å². The van der Waals surface area contributed by atoms with Gasteiger partial charge in [0.25, 0.3) is 5.91 Å². The Morgan fingerprint density at radius 1 is 1.10 bits per heavy atom. The number of amides is 1. The molecule has 4 rings (SSSR count). The molecule has 2 aromatic carbocycles. The van der Waals surface area contributed by atoms with Crippen LogP contribution in [0.2, 0.25) is 5.02 Å². The number of rotatable bonds is 5. The second-order valence-electron chi connectivity index (χ2n) is 6.78. The molecule has 1 saturated heterocycles. The molecule has 3 aromatic rings. The molecule has 0 atom stereocenters. The van der Waals surface area contributed by atoms with Crippen LogP contribution in [0.15, 0.2) is 52.9 Å². The van der Waals surface area contributed by atoms with Crippen LogP contribution in [0.4, 0.5) is 0 Å². The van der Waals surface area contributed by atoms with Crippen molar-refractivity contribution in [2.45, 2.75) is 6.54 Å². The van der Waals surface area contributed by atoms with Crippen molar-refractivity contribution in [1.29, 1.82) is 0 Å². The average molecular weight is 413 g/mol. The Morgan fingerprint density at radius 2 is 1.90 bits per heavy atom. The van der Waals surface area contributed by atoms with E-state index in [1.807, 2.05) is 41.3 Å². The molecule has 0 spiro atoms. The van der Waals surface area contributed by atoms with E-state index >= 15 is 0 Å². The molecule has 0 aliphatic carbocycles. The Balaban J connectivity index is 1.34. The highest BCUT2D eigenvalue weighted by Gasteiger charge is 2.24. The van der Waals surface area contributed by atoms with Gasteiger partial charge < -0.3 is 14.1 Å². The van der Waals surface area contributed by atoms with Crippen LogP contribution in [0.25, 0.3) is 11.5 Å². The zero-order valence-electron chi connectivity index (χ0n) is 16.0. The second-order valence-corrected chi connectivity index (χ2v) is 7.19. The standard InChI is InChI=1S/C21H21ClN4O3/c1-28-16-6-4-5-15(13-16)21(27)26-11-9-25(10-12-26)14-19-23-24-20(29-19)17-7-2-3-8-18(17)22/h2-8,13H,9-12,14H2,1H3. The quantitative estimate of drug-likeness (QED) is 0.640. The number of hydrogen-bond donors (Lipinski definition) is 0. The molecular formula is C21H21ClN4O3. The van der Waals surface area contributed by atoms with Crippen molar-refractivity contribution in [3.63, 3.8) is 0 Å². The summed E-state index contributed by atoms with van der Waals surface area (Å²) in [5, 5.41) is 8.82. The number of piperazine rings is 1. The smallest absolute Gasteiger partial charge is 0.254 e. The summed E-state index contributed by atoms with van der Waals surface area (Å²) in [6.07, 6.45) is 0. The van der Waals surface area contributed by atoms with Crippen LogP contribution in [0.3, 0.4) is 0 Å². The van der Waals surface area contributed by atoms with Gasteiger partial charge in [0.2, 0.25) is 11.8 Å². The molecule has 29 heavy (non-hydrogen) atoms. The van der Waals surface area contributed by atoms with Crippen LogP contribution in [-0.4, -0.2) is 59.2 Å². The molecule has 2 heterocycles. The van der Waals surface area contributed by atoms with Gasteiger partial charge in [-0.05, 0) is 30.3 Å². The normalized spacial score (nSPS) is 14.8. The average Bonchev–Trinajstić information content (AvgIpc) is 3.22. The van der Waals surface area contributed by atoms with Crippen molar-refractivity contribution in [3.8, 4) is 17.2 Å². The molecule has 150 valence electrons. The highest BCUT2D eigenvalue weighted by Crippen LogP contribution is 2.26. The fourth-order valence-corrected chi connectivity index (χ4v) is 3.52. The number of benzene rings is 2. The van der Waals surface area contributed by atoms with Gasteiger partial charge in [0.05, 0.1) is 24.2 Å². The first kappa shape index (κ1) is 19.4. The predicted octanol–water partition coefficient (Wildman–Crippen LogP) is 3.36. The van der Waals surface area contributed by atoms with Crippen molar-refractivity contribution in [3.05, 3.63) is 65.0 Å². The van der Waals surface area contributed by atoms with E-state index in [9.17, 15) is 4.79 Å². The molecule has 0 radical (unpaired) electrons. The summed E-state index contributed by atoms with van der Waals surface area (Å²) >= 11 is 6.19. The lowest BCUT2D eigenvalue weighted by molar-refractivity contribution is 0.0618. The number of halogens is 1. The summed E-state index contributed by atoms with van der Waals surface area (Å²) in [7, 11) is 1.59. The van der Waals surface area contributed by atoms with E-state index in [0.29, 0.717) is 47.8 Å². The SMILES string of the molecule is COc1cccc(C(=O)N2CCN(Cc3nnc(-c4ccccc4Cl)o3)CC2)c1. The predicted molar refractivity (Wildman–Crippen MR) is 109 cm³/mol. The zero-order valence-corrected chi connectivity index (χ0v) is 16.8. The van der Waals surface area contributed by atoms with Crippen LogP contribution in [0, 0.1) is 0 Å². The van der Waals surface area contributed by atoms with Gasteiger partial charge in [0.1, 0.15) is 5.75 Å². The Morgan fingerprint density at radius 3 is 2.66 bits per heavy atom. The van der Waals surface area contributed by atoms with Gasteiger partial charge in [-0.3, -0.25) is 9.69 Å². The van der Waals surface area contributed by atoms with Crippen molar-refractivity contribution in [2.75, 3.05) is 33.3 Å². The van der Waals surface area contributed by atoms with Gasteiger partial charge in [-0.1, -0.05) is 29.8 Å². The van der Waals surface area contributed by atoms with Crippen LogP contribution < -0.4 is 4.74 Å². The number of methoxy groups -OCH3 is 1. The monoisotopic (exact) mass is 412 g/mol. The Labute approximate surface area is 173 Å². The molecular weight excluding hydrogens is 392 g/mol. The minimum atomic E-state index is 0.0161. The molecule has 1 aromatic heterocycles. The van der Waals surface area contributed by atoms with Crippen molar-refractivity contribution in [2.24, 2.45) is 0 Å². The maximum absolute atomic E-state index is 12.7. The van der Waals surface area contributed by atoms with Gasteiger partial charge in [0, 0.05) is 31.7 Å². The fraction of sp³-hybridized carbons (Fsp3) is 0.286. The number of ether oxygens (including phenoxy) is 1. The molecule has 1 aliphatic rings. The first-order chi connectivity index (χ1) is 14.1. The zero-order chi connectivity index (χ0) is 20.2. The first-order valence-electron chi connectivity index (χ1n) is 9.37. The third-order valence-corrected chi connectivity index (χ3v) is 5.24. The number of carbonyl (C=O) groups is 1. The van der Waals surface area contributed by atoms with E-state index in [-0.39, 0.29) is 5.91 Å². The number of nitrogens with zero attached hydrogens (tertiary/aromatic N) is 4. The van der Waals surface area contributed by atoms with E-state index in [0.717, 1.165) is 18.7 Å². The van der Waals surface area contributed by atoms with Gasteiger partial charge >= 0.3 is 0 Å². The van der Waals surface area contributed by atoms with Crippen molar-refractivity contribution >= 4 is 17.5 Å². The van der Waals surface area contributed by atoms with Crippen LogP contribution in [0.1, 0.15) is 16.2 Å². The molecule has 0 unspecified atom stereocenters. The molecule has 1 amide bonds. The van der Waals surface area contributed by atoms with E-state index in [1.165, 1.54) is 0 Å². The molecule has 7 nitrogen and oxygen atoms in total. The summed E-state index contributed by atoms with van der Waals surface area (Å²) in [6, 6.07) is 14.6. The maximum Gasteiger partial charge on any atom is 0.254 e. The number of carbonyl (C=O) groups excluding carboxylic acids is 1. The third-order valence-electron chi connectivity index (χ3n) is 4.91. The minimum absolute atomic E-state index is 0.0161. The highest BCUT2D eigenvalue weighted by atomic mass is 35.5. The topological polar surface area (TPSA) is 71.7 Å². The Kier molecular flexibility index (Phi) is 5.78. The summed E-state index contributed by atoms with van der Waals surface area (Å²) in [5.74, 6) is 1.65. The molecule has 8 heteroatoms. The Hall–Kier alpha value is -2.90. The maximum atomic E-state index is 12.7. The van der Waals surface area contributed by atoms with Gasteiger partial charge in [-0.25, -0.2) is 0 Å². The third kappa shape index (κ3) is 4.41. The lowest BCUT2D eigenvalue weighted by Gasteiger charge is -2.34. The second kappa shape index (κ2) is 8.63. The van der Waals surface area contributed by atoms with E-state index < -0.39 is 0 Å². The van der Waals surface area contributed by atoms with Crippen LogP contribution in [0.5, 0.6) is 5.75 Å². The largest absolute Gasteiger partial charge is 0.497 e. The molecule has 1 fully saturated rings. The van der Waals surface area contributed by atoms with Crippen molar-refractivity contribution < 1.29 is 13.9 Å². The summed E-state index contributed by atoms with van der Waals surface area (Å²) in [6.45, 7) is 3.29. The molecule has 0 bridgehead atoms. The Bertz CT molecular complexity index is 999. The van der Waals surface area contributed by atoms with Gasteiger partial charge in [-0.2, -0.15) is 0 Å². The molecule has 0 N–H and O–H groups in total. The minimum Gasteiger partial charge on any atom is -0.497 e. The first-order valence-corrected chi connectivity index (χ1v) is 9.75. The summed E-state index contributed by atoms with van der Waals surface area (Å²) in [4.78, 5) is 16.8. The van der Waals surface area contributed by atoms with Gasteiger partial charge in [-0.15, -0.1) is 10.2 Å². The van der Waals surface area contributed by atoms with E-state index in [1.54, 1.807) is 19.2 Å². The van der Waals surface area contributed by atoms with Crippen molar-refractivity contribution in [1.82, 2.24) is 20.0 Å². The van der Waals surface area contributed by atoms with E-state index in [2.05, 4.69) is 15.1 Å². The highest BCUT2D eigenvalue weighted by molar-refractivity contribution is 6.33. The number of hydrogen-bond acceptors (Lipinski definition) is 6. The van der Waals surface area contributed by atoms with Crippen LogP contribution >= 0.6 is 11.6 Å². The summed E-state index contributed by atoms with van der Waals surface area (Å²) < 4.78 is 11.0. The molecule has 0 saturated carbocycles. The molecule has 1 aliphatic heterocycles. The number of aromatic nitrogens is 2. The van der Waals surface area contributed by atoms with E-state index in [4.69, 9.17) is 20.8 Å². The summed E-state index contributed by atoms with van der Waals surface area (Å²) in [5.41, 5.74) is 1.36. The lowest BCUT2D eigenvalue weighted by atomic mass is 10.1. The fourth-order valence-electron chi connectivity index (χ4n) is 3.30. The lowest BCUT2D eigenvalue weighted by Crippen LogP contribution is -2.48.